The van der Waals surface area contributed by atoms with Gasteiger partial charge in [0.15, 0.2) is 0 Å². The van der Waals surface area contributed by atoms with E-state index >= 15 is 0 Å². The summed E-state index contributed by atoms with van der Waals surface area (Å²) in [4.78, 5) is 86.3. The normalized spacial score (nSPS) is 12.4. The lowest BCUT2D eigenvalue weighted by Crippen LogP contribution is -2.57. The van der Waals surface area contributed by atoms with Crippen molar-refractivity contribution in [3.8, 4) is 0 Å². The summed E-state index contributed by atoms with van der Waals surface area (Å²) < 4.78 is 16.0. The van der Waals surface area contributed by atoms with Crippen LogP contribution < -0.4 is 48.7 Å². The van der Waals surface area contributed by atoms with Gasteiger partial charge in [-0.15, -0.1) is 0 Å². The van der Waals surface area contributed by atoms with Crippen molar-refractivity contribution in [2.75, 3.05) is 57.9 Å². The van der Waals surface area contributed by atoms with Crippen LogP contribution in [-0.2, 0) is 44.8 Å². The number of urea groups is 1. The number of benzene rings is 1. The number of hydrogen-bond donors (Lipinski definition) is 9. The number of rotatable bonds is 28. The van der Waals surface area contributed by atoms with Gasteiger partial charge in [0.2, 0.25) is 29.5 Å². The van der Waals surface area contributed by atoms with Gasteiger partial charge in [-0.25, -0.2) is 9.59 Å². The van der Waals surface area contributed by atoms with Crippen LogP contribution in [0.25, 0.3) is 0 Å². The predicted molar refractivity (Wildman–Crippen MR) is 204 cm³/mol. The zero-order chi connectivity index (χ0) is 41.0. The summed E-state index contributed by atoms with van der Waals surface area (Å²) in [6.45, 7) is 9.07. The fraction of sp³-hybridized carbons (Fsp3) is 0.639. The molecule has 0 spiro atoms. The summed E-state index contributed by atoms with van der Waals surface area (Å²) in [7, 11) is 0. The lowest BCUT2D eigenvalue weighted by atomic mass is 10.0. The van der Waals surface area contributed by atoms with Crippen molar-refractivity contribution in [2.24, 2.45) is 17.4 Å². The van der Waals surface area contributed by atoms with Gasteiger partial charge in [0.1, 0.15) is 24.7 Å². The van der Waals surface area contributed by atoms with Gasteiger partial charge in [-0.3, -0.25) is 24.0 Å². The lowest BCUT2D eigenvalue weighted by Gasteiger charge is -2.27. The van der Waals surface area contributed by atoms with Crippen LogP contribution in [0, 0.1) is 5.92 Å². The molecular weight excluding hydrogens is 718 g/mol. The van der Waals surface area contributed by atoms with E-state index in [1.165, 1.54) is 6.92 Å². The first kappa shape index (κ1) is 48.0. The van der Waals surface area contributed by atoms with Crippen LogP contribution in [0.15, 0.2) is 24.3 Å². The third-order valence-electron chi connectivity index (χ3n) is 7.86. The highest BCUT2D eigenvalue weighted by molar-refractivity contribution is 5.99. The van der Waals surface area contributed by atoms with Crippen LogP contribution in [-0.4, -0.2) is 112 Å². The maximum Gasteiger partial charge on any atom is 0.407 e. The predicted octanol–water partition coefficient (Wildman–Crippen LogP) is 0.119. The Morgan fingerprint density at radius 2 is 1.33 bits per heavy atom. The van der Waals surface area contributed by atoms with Crippen LogP contribution in [0.1, 0.15) is 71.8 Å². The van der Waals surface area contributed by atoms with Gasteiger partial charge in [-0.05, 0) is 62.3 Å². The number of carbonyl (C=O) groups is 7. The summed E-state index contributed by atoms with van der Waals surface area (Å²) in [5.74, 6) is -2.49. The Balaban J connectivity index is 2.71. The number of nitrogens with two attached hydrogens (primary N) is 2. The minimum atomic E-state index is -1.06. The molecule has 0 unspecified atom stereocenters. The maximum atomic E-state index is 13.5. The topological polar surface area (TPSA) is 283 Å². The molecule has 0 aliphatic heterocycles. The first-order chi connectivity index (χ1) is 26.3. The van der Waals surface area contributed by atoms with Crippen LogP contribution in [0.4, 0.5) is 15.3 Å². The number of primary amides is 1. The van der Waals surface area contributed by atoms with Crippen molar-refractivity contribution in [2.45, 2.75) is 91.0 Å². The fourth-order valence-electron chi connectivity index (χ4n) is 4.89. The number of unbranched alkanes of at least 4 members (excludes halogenated alkanes) is 1. The standard InChI is InChI=1S/C36H61N9O10/c1-5-30(47)39-17-19-53-21-22-54-20-18-41-36(52)55-23-26-11-13-27(14-12-26)43-32(48)29(10-8-16-40-35(38)51)44-34(50)31(24(2)3)45-33(49)28(42-25(4)46)9-6-7-15-37/h11-14,24,28-29,31H,5-10,15-23,37H2,1-4H3,(H,39,47)(H,41,52)(H,42,46)(H,43,48)(H,44,50)(H,45,49)(H3,38,40,51)/t28-,29-,31-/m0/s1. The molecule has 0 saturated heterocycles. The highest BCUT2D eigenvalue weighted by atomic mass is 16.5. The number of hydrogen-bond acceptors (Lipinski definition) is 11. The van der Waals surface area contributed by atoms with Crippen molar-refractivity contribution in [1.82, 2.24) is 31.9 Å². The minimum absolute atomic E-state index is 0.0347. The zero-order valence-electron chi connectivity index (χ0n) is 32.5. The quantitative estimate of drug-likeness (QED) is 0.0515. The van der Waals surface area contributed by atoms with Gasteiger partial charge >= 0.3 is 12.1 Å². The van der Waals surface area contributed by atoms with Crippen LogP contribution in [0.2, 0.25) is 0 Å². The number of anilines is 1. The molecule has 1 aromatic rings. The van der Waals surface area contributed by atoms with E-state index in [-0.39, 0.29) is 44.5 Å². The second-order valence-electron chi connectivity index (χ2n) is 12.9. The summed E-state index contributed by atoms with van der Waals surface area (Å²) in [5, 5.41) is 18.6. The van der Waals surface area contributed by atoms with Crippen LogP contribution in [0.3, 0.4) is 0 Å². The molecule has 0 aromatic heterocycles. The summed E-state index contributed by atoms with van der Waals surface area (Å²) in [6, 6.07) is 2.86. The molecule has 11 N–H and O–H groups in total. The highest BCUT2D eigenvalue weighted by Gasteiger charge is 2.31. The molecular formula is C36H61N9O10. The summed E-state index contributed by atoms with van der Waals surface area (Å²) >= 11 is 0. The van der Waals surface area contributed by atoms with E-state index in [4.69, 9.17) is 25.7 Å². The maximum absolute atomic E-state index is 13.5. The molecule has 0 saturated carbocycles. The third kappa shape index (κ3) is 22.7. The molecule has 8 amide bonds. The summed E-state index contributed by atoms with van der Waals surface area (Å²) in [5.41, 5.74) is 11.8. The van der Waals surface area contributed by atoms with Crippen molar-refractivity contribution in [1.29, 1.82) is 0 Å². The first-order valence-electron chi connectivity index (χ1n) is 18.6. The number of amides is 8. The number of nitrogens with one attached hydrogen (secondary N) is 7. The second-order valence-corrected chi connectivity index (χ2v) is 12.9. The lowest BCUT2D eigenvalue weighted by molar-refractivity contribution is -0.133. The van der Waals surface area contributed by atoms with E-state index in [0.717, 1.165) is 0 Å². The Labute approximate surface area is 322 Å². The number of ether oxygens (including phenoxy) is 3. The molecule has 1 aromatic carbocycles. The molecule has 55 heavy (non-hydrogen) atoms. The largest absolute Gasteiger partial charge is 0.445 e. The minimum Gasteiger partial charge on any atom is -0.445 e. The van der Waals surface area contributed by atoms with Gasteiger partial charge in [0, 0.05) is 38.7 Å². The second kappa shape index (κ2) is 28.4. The van der Waals surface area contributed by atoms with Crippen molar-refractivity contribution in [3.05, 3.63) is 29.8 Å². The van der Waals surface area contributed by atoms with E-state index in [0.29, 0.717) is 76.3 Å². The summed E-state index contributed by atoms with van der Waals surface area (Å²) in [6.07, 6.45) is 1.80. The molecule has 0 aliphatic carbocycles. The van der Waals surface area contributed by atoms with Crippen LogP contribution in [0.5, 0.6) is 0 Å². The van der Waals surface area contributed by atoms with Crippen molar-refractivity contribution in [3.63, 3.8) is 0 Å². The molecule has 19 nitrogen and oxygen atoms in total. The Kier molecular flexibility index (Phi) is 24.8. The smallest absolute Gasteiger partial charge is 0.407 e. The zero-order valence-corrected chi connectivity index (χ0v) is 32.5. The van der Waals surface area contributed by atoms with E-state index in [2.05, 4.69) is 37.2 Å². The monoisotopic (exact) mass is 779 g/mol. The van der Waals surface area contributed by atoms with Gasteiger partial charge in [-0.1, -0.05) is 32.9 Å². The van der Waals surface area contributed by atoms with Gasteiger partial charge in [0.25, 0.3) is 0 Å². The van der Waals surface area contributed by atoms with E-state index < -0.39 is 53.9 Å². The van der Waals surface area contributed by atoms with E-state index in [1.807, 2.05) is 0 Å². The van der Waals surface area contributed by atoms with Gasteiger partial charge in [0.05, 0.1) is 26.4 Å². The molecule has 310 valence electrons. The molecule has 0 fully saturated rings. The highest BCUT2D eigenvalue weighted by Crippen LogP contribution is 2.13. The Morgan fingerprint density at radius 3 is 1.91 bits per heavy atom. The van der Waals surface area contributed by atoms with Gasteiger partial charge in [-0.2, -0.15) is 0 Å². The molecule has 3 atom stereocenters. The molecule has 0 heterocycles. The Morgan fingerprint density at radius 1 is 0.709 bits per heavy atom. The SMILES string of the molecule is CCC(=O)NCCOCCOCCNC(=O)OCc1ccc(NC(=O)[C@H](CCCNC(N)=O)NC(=O)[C@@H](NC(=O)[C@H](CCCCN)NC(C)=O)C(C)C)cc1. The average molecular weight is 780 g/mol. The first-order valence-corrected chi connectivity index (χ1v) is 18.6. The number of alkyl carbamates (subject to hydrolysis) is 1. The van der Waals surface area contributed by atoms with Crippen molar-refractivity contribution >= 4 is 47.3 Å². The van der Waals surface area contributed by atoms with E-state index in [1.54, 1.807) is 45.0 Å². The molecule has 19 heteroatoms. The van der Waals surface area contributed by atoms with Gasteiger partial charge < -0.3 is 62.9 Å². The average Bonchev–Trinajstić information content (AvgIpc) is 3.14. The van der Waals surface area contributed by atoms with E-state index in [9.17, 15) is 33.6 Å². The van der Waals surface area contributed by atoms with Crippen molar-refractivity contribution < 1.29 is 47.8 Å². The van der Waals surface area contributed by atoms with Crippen LogP contribution >= 0.6 is 0 Å². The molecule has 0 bridgehead atoms. The number of carbonyl (C=O) groups excluding carboxylic acids is 7. The molecule has 0 aliphatic rings. The fourth-order valence-corrected chi connectivity index (χ4v) is 4.89. The Hall–Kier alpha value is -5.01. The Bertz CT molecular complexity index is 1350. The molecule has 0 radical (unpaired) electrons. The molecule has 1 rings (SSSR count). The third-order valence-corrected chi connectivity index (χ3v) is 7.86.